The number of hydrogen-bond acceptors (Lipinski definition) is 4. The minimum atomic E-state index is -3.56. The molecule has 1 aliphatic carbocycles. The van der Waals surface area contributed by atoms with Gasteiger partial charge in [-0.15, -0.1) is 0 Å². The van der Waals surface area contributed by atoms with Crippen molar-refractivity contribution in [2.24, 2.45) is 5.92 Å². The molecule has 2 unspecified atom stereocenters. The van der Waals surface area contributed by atoms with Gasteiger partial charge in [0.15, 0.2) is 5.76 Å². The molecule has 1 N–H and O–H groups in total. The number of carbonyl (C=O) groups is 1. The minimum Gasteiger partial charge on any atom is -0.451 e. The summed E-state index contributed by atoms with van der Waals surface area (Å²) in [4.78, 5) is 13.0. The summed E-state index contributed by atoms with van der Waals surface area (Å²) in [5.41, 5.74) is 1.20. The van der Waals surface area contributed by atoms with Gasteiger partial charge in [-0.05, 0) is 43.9 Å². The van der Waals surface area contributed by atoms with Gasteiger partial charge in [-0.3, -0.25) is 4.79 Å². The van der Waals surface area contributed by atoms with Crippen molar-refractivity contribution < 1.29 is 17.6 Å². The summed E-state index contributed by atoms with van der Waals surface area (Å²) in [5, 5.41) is 3.77. The Morgan fingerprint density at radius 1 is 1.21 bits per heavy atom. The summed E-state index contributed by atoms with van der Waals surface area (Å²) in [7, 11) is -3.56. The molecule has 0 aliphatic heterocycles. The number of carbonyl (C=O) groups excluding carboxylic acids is 1. The SMILES string of the molecule is CCN(CC)S(=O)(=O)c1ccc2oc(C(=O)NC3CCCCC3C)c(C)c2c1. The first-order valence-electron chi connectivity index (χ1n) is 10.1. The van der Waals surface area contributed by atoms with Crippen LogP contribution in [0.15, 0.2) is 27.5 Å². The third-order valence-corrected chi connectivity index (χ3v) is 7.93. The Hall–Kier alpha value is -1.86. The lowest BCUT2D eigenvalue weighted by Crippen LogP contribution is -2.41. The molecule has 1 aromatic carbocycles. The molecule has 0 bridgehead atoms. The zero-order valence-electron chi connectivity index (χ0n) is 17.1. The molecular formula is C21H30N2O4S. The lowest BCUT2D eigenvalue weighted by molar-refractivity contribution is 0.0883. The molecule has 3 rings (SSSR count). The lowest BCUT2D eigenvalue weighted by atomic mass is 9.86. The van der Waals surface area contributed by atoms with E-state index in [4.69, 9.17) is 4.42 Å². The summed E-state index contributed by atoms with van der Waals surface area (Å²) < 4.78 is 32.8. The summed E-state index contributed by atoms with van der Waals surface area (Å²) >= 11 is 0. The second kappa shape index (κ2) is 8.25. The van der Waals surface area contributed by atoms with Gasteiger partial charge in [0.2, 0.25) is 10.0 Å². The molecule has 1 saturated carbocycles. The largest absolute Gasteiger partial charge is 0.451 e. The average molecular weight is 407 g/mol. The van der Waals surface area contributed by atoms with E-state index in [1.807, 2.05) is 13.8 Å². The summed E-state index contributed by atoms with van der Waals surface area (Å²) in [6.07, 6.45) is 4.44. The molecule has 0 spiro atoms. The van der Waals surface area contributed by atoms with Crippen LogP contribution in [0.5, 0.6) is 0 Å². The highest BCUT2D eigenvalue weighted by molar-refractivity contribution is 7.89. The molecule has 0 saturated heterocycles. The Kier molecular flexibility index (Phi) is 6.15. The van der Waals surface area contributed by atoms with Gasteiger partial charge >= 0.3 is 0 Å². The van der Waals surface area contributed by atoms with Crippen molar-refractivity contribution in [2.75, 3.05) is 13.1 Å². The molecule has 2 aromatic rings. The van der Waals surface area contributed by atoms with E-state index in [0.717, 1.165) is 19.3 Å². The third-order valence-electron chi connectivity index (χ3n) is 5.89. The average Bonchev–Trinajstić information content (AvgIpc) is 3.00. The normalized spacial score (nSPS) is 20.6. The molecule has 0 radical (unpaired) electrons. The third kappa shape index (κ3) is 3.82. The maximum atomic E-state index is 12.8. The number of aryl methyl sites for hydroxylation is 1. The Morgan fingerprint density at radius 2 is 1.89 bits per heavy atom. The fourth-order valence-electron chi connectivity index (χ4n) is 4.05. The zero-order valence-corrected chi connectivity index (χ0v) is 17.9. The van der Waals surface area contributed by atoms with Crippen LogP contribution in [0.4, 0.5) is 0 Å². The zero-order chi connectivity index (χ0) is 20.5. The van der Waals surface area contributed by atoms with E-state index in [0.29, 0.717) is 35.5 Å². The first-order valence-corrected chi connectivity index (χ1v) is 11.6. The maximum absolute atomic E-state index is 12.8. The molecule has 1 fully saturated rings. The first kappa shape index (κ1) is 20.9. The summed E-state index contributed by atoms with van der Waals surface area (Å²) in [5.74, 6) is 0.499. The number of nitrogens with zero attached hydrogens (tertiary/aromatic N) is 1. The van der Waals surface area contributed by atoms with Crippen molar-refractivity contribution in [3.05, 3.63) is 29.5 Å². The molecule has 6 nitrogen and oxygen atoms in total. The number of rotatable bonds is 6. The second-order valence-electron chi connectivity index (χ2n) is 7.65. The van der Waals surface area contributed by atoms with Gasteiger partial charge in [0.25, 0.3) is 5.91 Å². The van der Waals surface area contributed by atoms with Crippen LogP contribution in [0.3, 0.4) is 0 Å². The van der Waals surface area contributed by atoms with Crippen molar-refractivity contribution in [1.29, 1.82) is 0 Å². The van der Waals surface area contributed by atoms with Gasteiger partial charge in [-0.25, -0.2) is 8.42 Å². The van der Waals surface area contributed by atoms with Crippen LogP contribution < -0.4 is 5.32 Å². The van der Waals surface area contributed by atoms with Crippen molar-refractivity contribution >= 4 is 26.9 Å². The maximum Gasteiger partial charge on any atom is 0.287 e. The Balaban J connectivity index is 1.92. The Morgan fingerprint density at radius 3 is 2.54 bits per heavy atom. The van der Waals surface area contributed by atoms with Gasteiger partial charge in [-0.1, -0.05) is 33.6 Å². The van der Waals surface area contributed by atoms with Crippen molar-refractivity contribution in [3.63, 3.8) is 0 Å². The fraction of sp³-hybridized carbons (Fsp3) is 0.571. The molecule has 28 heavy (non-hydrogen) atoms. The second-order valence-corrected chi connectivity index (χ2v) is 9.58. The Labute approximate surface area is 167 Å². The van der Waals surface area contributed by atoms with Crippen molar-refractivity contribution in [3.8, 4) is 0 Å². The van der Waals surface area contributed by atoms with Gasteiger partial charge in [0.1, 0.15) is 5.58 Å². The number of furan rings is 1. The summed E-state index contributed by atoms with van der Waals surface area (Å²) in [6, 6.07) is 4.96. The van der Waals surface area contributed by atoms with Crippen molar-refractivity contribution in [2.45, 2.75) is 64.3 Å². The fourth-order valence-corrected chi connectivity index (χ4v) is 5.54. The van der Waals surface area contributed by atoms with E-state index < -0.39 is 10.0 Å². The Bertz CT molecular complexity index is 960. The predicted molar refractivity (Wildman–Crippen MR) is 110 cm³/mol. The van der Waals surface area contributed by atoms with Gasteiger partial charge in [0.05, 0.1) is 4.90 Å². The predicted octanol–water partition coefficient (Wildman–Crippen LogP) is 4.08. The van der Waals surface area contributed by atoms with Crippen LogP contribution in [0.2, 0.25) is 0 Å². The molecule has 2 atom stereocenters. The number of sulfonamides is 1. The monoisotopic (exact) mass is 406 g/mol. The van der Waals surface area contributed by atoms with Gasteiger partial charge in [0, 0.05) is 30.1 Å². The smallest absolute Gasteiger partial charge is 0.287 e. The quantitative estimate of drug-likeness (QED) is 0.784. The highest BCUT2D eigenvalue weighted by atomic mass is 32.2. The lowest BCUT2D eigenvalue weighted by Gasteiger charge is -2.29. The van der Waals surface area contributed by atoms with E-state index in [-0.39, 0.29) is 22.6 Å². The number of amides is 1. The summed E-state index contributed by atoms with van der Waals surface area (Å²) in [6.45, 7) is 8.43. The minimum absolute atomic E-state index is 0.160. The van der Waals surface area contributed by atoms with Crippen LogP contribution in [-0.2, 0) is 10.0 Å². The molecule has 7 heteroatoms. The number of nitrogens with one attached hydrogen (secondary N) is 1. The highest BCUT2D eigenvalue weighted by Crippen LogP contribution is 2.30. The van der Waals surface area contributed by atoms with Crippen LogP contribution in [0.1, 0.15) is 62.6 Å². The number of fused-ring (bicyclic) bond motifs is 1. The number of benzene rings is 1. The molecule has 1 aliphatic rings. The van der Waals surface area contributed by atoms with E-state index in [1.165, 1.54) is 10.7 Å². The van der Waals surface area contributed by atoms with Crippen LogP contribution in [0, 0.1) is 12.8 Å². The molecule has 1 amide bonds. The van der Waals surface area contributed by atoms with Crippen LogP contribution in [-0.4, -0.2) is 37.8 Å². The van der Waals surface area contributed by atoms with Crippen LogP contribution in [0.25, 0.3) is 11.0 Å². The van der Waals surface area contributed by atoms with E-state index in [1.54, 1.807) is 25.1 Å². The molecule has 154 valence electrons. The van der Waals surface area contributed by atoms with E-state index in [9.17, 15) is 13.2 Å². The van der Waals surface area contributed by atoms with E-state index in [2.05, 4.69) is 12.2 Å². The van der Waals surface area contributed by atoms with E-state index >= 15 is 0 Å². The highest BCUT2D eigenvalue weighted by Gasteiger charge is 2.27. The molecule has 1 aromatic heterocycles. The van der Waals surface area contributed by atoms with Gasteiger partial charge in [-0.2, -0.15) is 4.31 Å². The molecule has 1 heterocycles. The standard InChI is InChI=1S/C21H30N2O4S/c1-5-23(6-2)28(25,26)16-11-12-19-17(13-16)15(4)20(27-19)21(24)22-18-10-8-7-9-14(18)3/h11-14,18H,5-10H2,1-4H3,(H,22,24). The van der Waals surface area contributed by atoms with Gasteiger partial charge < -0.3 is 9.73 Å². The first-order chi connectivity index (χ1) is 13.3. The number of hydrogen-bond donors (Lipinski definition) is 1. The topological polar surface area (TPSA) is 79.6 Å². The molecular weight excluding hydrogens is 376 g/mol. The van der Waals surface area contributed by atoms with Crippen LogP contribution >= 0.6 is 0 Å². The van der Waals surface area contributed by atoms with Crippen molar-refractivity contribution in [1.82, 2.24) is 9.62 Å².